The largest absolute Gasteiger partial charge is 0.508 e. The molecule has 2 bridgehead atoms. The molecule has 2 heteroatoms. The fourth-order valence-electron chi connectivity index (χ4n) is 5.26. The predicted octanol–water partition coefficient (Wildman–Crippen LogP) is 5.79. The Hall–Kier alpha value is -1.96. The molecular weight excluding hydrogens is 308 g/mol. The monoisotopic (exact) mass is 336 g/mol. The van der Waals surface area contributed by atoms with Gasteiger partial charge >= 0.3 is 0 Å². The standard InChI is InChI=1S/C23H28O2/c1-14-7-18(3-5-22(14)24)20-10-16-9-17(11-20)13-21(12-16)19-4-6-23(25)15(2)8-19/h3-8,16-17,20-21,24-25H,9-13H2,1-2H3. The molecule has 0 heterocycles. The van der Waals surface area contributed by atoms with Gasteiger partial charge in [0, 0.05) is 0 Å². The lowest BCUT2D eigenvalue weighted by Gasteiger charge is -2.43. The smallest absolute Gasteiger partial charge is 0.118 e. The van der Waals surface area contributed by atoms with Crippen LogP contribution in [0.15, 0.2) is 36.4 Å². The van der Waals surface area contributed by atoms with E-state index in [0.29, 0.717) is 23.3 Å². The lowest BCUT2D eigenvalue weighted by atomic mass is 9.62. The summed E-state index contributed by atoms with van der Waals surface area (Å²) in [5.74, 6) is 3.69. The molecule has 0 atom stereocenters. The Balaban J connectivity index is 1.50. The second kappa shape index (κ2) is 6.40. The van der Waals surface area contributed by atoms with Crippen LogP contribution in [-0.2, 0) is 0 Å². The van der Waals surface area contributed by atoms with Gasteiger partial charge in [-0.25, -0.2) is 0 Å². The molecule has 132 valence electrons. The Morgan fingerprint density at radius 3 is 1.40 bits per heavy atom. The van der Waals surface area contributed by atoms with Crippen LogP contribution in [0.4, 0.5) is 0 Å². The summed E-state index contributed by atoms with van der Waals surface area (Å²) in [6.45, 7) is 3.98. The molecule has 2 N–H and O–H groups in total. The summed E-state index contributed by atoms with van der Waals surface area (Å²) in [6.07, 6.45) is 6.46. The number of hydrogen-bond donors (Lipinski definition) is 2. The predicted molar refractivity (Wildman–Crippen MR) is 101 cm³/mol. The van der Waals surface area contributed by atoms with Crippen molar-refractivity contribution in [3.63, 3.8) is 0 Å². The van der Waals surface area contributed by atoms with Crippen LogP contribution in [0.3, 0.4) is 0 Å². The van der Waals surface area contributed by atoms with Crippen molar-refractivity contribution in [2.45, 2.75) is 57.8 Å². The highest BCUT2D eigenvalue weighted by Gasteiger charge is 2.37. The number of aryl methyl sites for hydroxylation is 2. The van der Waals surface area contributed by atoms with Crippen molar-refractivity contribution in [1.29, 1.82) is 0 Å². The first-order valence-corrected chi connectivity index (χ1v) is 9.58. The third kappa shape index (κ3) is 3.27. The lowest BCUT2D eigenvalue weighted by molar-refractivity contribution is 0.151. The average molecular weight is 336 g/mol. The van der Waals surface area contributed by atoms with E-state index in [1.165, 1.54) is 43.2 Å². The SMILES string of the molecule is Cc1cc(C2CC3CC(C2)CC(c2ccc(O)c(C)c2)C3)ccc1O. The number of hydrogen-bond acceptors (Lipinski definition) is 2. The second-order valence-corrected chi connectivity index (χ2v) is 8.40. The molecule has 2 nitrogen and oxygen atoms in total. The summed E-state index contributed by atoms with van der Waals surface area (Å²) in [5.41, 5.74) is 4.80. The van der Waals surface area contributed by atoms with Gasteiger partial charge in [-0.2, -0.15) is 0 Å². The molecule has 0 spiro atoms. The third-order valence-electron chi connectivity index (χ3n) is 6.52. The van der Waals surface area contributed by atoms with Gasteiger partial charge in [0.2, 0.25) is 0 Å². The summed E-state index contributed by atoms with van der Waals surface area (Å²) >= 11 is 0. The fraction of sp³-hybridized carbons (Fsp3) is 0.478. The van der Waals surface area contributed by atoms with Crippen LogP contribution >= 0.6 is 0 Å². The zero-order chi connectivity index (χ0) is 17.6. The Morgan fingerprint density at radius 2 is 1.04 bits per heavy atom. The average Bonchev–Trinajstić information content (AvgIpc) is 2.59. The molecule has 25 heavy (non-hydrogen) atoms. The van der Waals surface area contributed by atoms with Crippen LogP contribution in [0.25, 0.3) is 0 Å². The summed E-state index contributed by atoms with van der Waals surface area (Å²) < 4.78 is 0. The van der Waals surface area contributed by atoms with Gasteiger partial charge in [-0.05, 0) is 104 Å². The van der Waals surface area contributed by atoms with Gasteiger partial charge in [0.1, 0.15) is 11.5 Å². The second-order valence-electron chi connectivity index (χ2n) is 8.40. The maximum absolute atomic E-state index is 9.79. The van der Waals surface area contributed by atoms with E-state index in [9.17, 15) is 10.2 Å². The molecule has 0 aliphatic heterocycles. The first-order chi connectivity index (χ1) is 12.0. The summed E-state index contributed by atoms with van der Waals surface area (Å²) in [4.78, 5) is 0. The van der Waals surface area contributed by atoms with E-state index in [4.69, 9.17) is 0 Å². The van der Waals surface area contributed by atoms with Gasteiger partial charge in [-0.3, -0.25) is 0 Å². The summed E-state index contributed by atoms with van der Waals surface area (Å²) in [5, 5.41) is 19.6. The minimum absolute atomic E-state index is 0.405. The zero-order valence-electron chi connectivity index (χ0n) is 15.2. The van der Waals surface area contributed by atoms with E-state index in [2.05, 4.69) is 24.3 Å². The molecule has 2 aliphatic rings. The lowest BCUT2D eigenvalue weighted by Crippen LogP contribution is -2.29. The van der Waals surface area contributed by atoms with Gasteiger partial charge in [0.25, 0.3) is 0 Å². The van der Waals surface area contributed by atoms with Gasteiger partial charge < -0.3 is 10.2 Å². The highest BCUT2D eigenvalue weighted by molar-refractivity contribution is 5.38. The van der Waals surface area contributed by atoms with E-state index < -0.39 is 0 Å². The molecule has 2 fully saturated rings. The van der Waals surface area contributed by atoms with Crippen molar-refractivity contribution in [3.05, 3.63) is 58.7 Å². The summed E-state index contributed by atoms with van der Waals surface area (Å²) in [7, 11) is 0. The van der Waals surface area contributed by atoms with Crippen LogP contribution < -0.4 is 0 Å². The molecule has 2 saturated carbocycles. The number of aromatic hydroxyl groups is 2. The summed E-state index contributed by atoms with van der Waals surface area (Å²) in [6, 6.07) is 12.3. The van der Waals surface area contributed by atoms with Crippen LogP contribution in [0.2, 0.25) is 0 Å². The number of phenols is 2. The minimum Gasteiger partial charge on any atom is -0.508 e. The number of rotatable bonds is 2. The van der Waals surface area contributed by atoms with Crippen LogP contribution in [0, 0.1) is 25.7 Å². The first-order valence-electron chi connectivity index (χ1n) is 9.58. The normalized spacial score (nSPS) is 28.7. The van der Waals surface area contributed by atoms with Gasteiger partial charge in [-0.15, -0.1) is 0 Å². The van der Waals surface area contributed by atoms with Crippen molar-refractivity contribution in [1.82, 2.24) is 0 Å². The molecule has 0 radical (unpaired) electrons. The molecule has 0 unspecified atom stereocenters. The molecule has 2 aromatic carbocycles. The first kappa shape index (κ1) is 16.5. The molecular formula is C23H28O2. The zero-order valence-corrected chi connectivity index (χ0v) is 15.2. The number of benzene rings is 2. The van der Waals surface area contributed by atoms with Crippen LogP contribution in [0.5, 0.6) is 11.5 Å². The Bertz CT molecular complexity index is 702. The Labute approximate surface area is 150 Å². The molecule has 0 amide bonds. The van der Waals surface area contributed by atoms with Crippen LogP contribution in [-0.4, -0.2) is 10.2 Å². The van der Waals surface area contributed by atoms with E-state index in [0.717, 1.165) is 23.0 Å². The third-order valence-corrected chi connectivity index (χ3v) is 6.52. The van der Waals surface area contributed by atoms with E-state index in [1.807, 2.05) is 26.0 Å². The molecule has 2 aromatic rings. The van der Waals surface area contributed by atoms with Crippen molar-refractivity contribution < 1.29 is 10.2 Å². The van der Waals surface area contributed by atoms with Crippen molar-refractivity contribution in [3.8, 4) is 11.5 Å². The number of phenolic OH excluding ortho intramolecular Hbond substituents is 2. The maximum atomic E-state index is 9.79. The van der Waals surface area contributed by atoms with Crippen molar-refractivity contribution in [2.75, 3.05) is 0 Å². The quantitative estimate of drug-likeness (QED) is 0.728. The van der Waals surface area contributed by atoms with Gasteiger partial charge in [0.15, 0.2) is 0 Å². The highest BCUT2D eigenvalue weighted by atomic mass is 16.3. The van der Waals surface area contributed by atoms with E-state index in [-0.39, 0.29) is 0 Å². The molecule has 0 saturated heterocycles. The van der Waals surface area contributed by atoms with E-state index >= 15 is 0 Å². The van der Waals surface area contributed by atoms with Gasteiger partial charge in [-0.1, -0.05) is 24.3 Å². The Kier molecular flexibility index (Phi) is 4.23. The van der Waals surface area contributed by atoms with Crippen molar-refractivity contribution in [2.24, 2.45) is 11.8 Å². The fourth-order valence-corrected chi connectivity index (χ4v) is 5.26. The van der Waals surface area contributed by atoms with Gasteiger partial charge in [0.05, 0.1) is 0 Å². The van der Waals surface area contributed by atoms with Crippen LogP contribution in [0.1, 0.15) is 66.2 Å². The molecule has 0 aromatic heterocycles. The molecule has 4 rings (SSSR count). The van der Waals surface area contributed by atoms with Crippen molar-refractivity contribution >= 4 is 0 Å². The number of fused-ring (bicyclic) bond motifs is 2. The minimum atomic E-state index is 0.405. The molecule has 2 aliphatic carbocycles. The topological polar surface area (TPSA) is 40.5 Å². The Morgan fingerprint density at radius 1 is 0.640 bits per heavy atom. The maximum Gasteiger partial charge on any atom is 0.118 e. The highest BCUT2D eigenvalue weighted by Crippen LogP contribution is 2.51. The van der Waals surface area contributed by atoms with E-state index in [1.54, 1.807) is 0 Å².